The minimum absolute atomic E-state index is 0.273. The van der Waals surface area contributed by atoms with Crippen LogP contribution in [0.2, 0.25) is 5.02 Å². The first kappa shape index (κ1) is 22.9. The fraction of sp³-hybridized carbons (Fsp3) is 0.125. The van der Waals surface area contributed by atoms with Gasteiger partial charge >= 0.3 is 0 Å². The Hall–Kier alpha value is -4.24. The maximum Gasteiger partial charge on any atom is 0.271 e. The Labute approximate surface area is 201 Å². The van der Waals surface area contributed by atoms with Gasteiger partial charge in [-0.2, -0.15) is 5.10 Å². The second-order valence-corrected chi connectivity index (χ2v) is 7.60. The summed E-state index contributed by atoms with van der Waals surface area (Å²) in [5.74, 6) is 0.541. The van der Waals surface area contributed by atoms with Crippen molar-refractivity contribution >= 4 is 23.2 Å². The van der Waals surface area contributed by atoms with E-state index in [-0.39, 0.29) is 12.5 Å². The lowest BCUT2D eigenvalue weighted by Gasteiger charge is -2.12. The first-order chi connectivity index (χ1) is 16.5. The van der Waals surface area contributed by atoms with Gasteiger partial charge in [-0.15, -0.1) is 5.10 Å². The van der Waals surface area contributed by atoms with E-state index in [1.165, 1.54) is 18.1 Å². The van der Waals surface area contributed by atoms with Gasteiger partial charge in [0.25, 0.3) is 5.91 Å². The molecule has 0 saturated carbocycles. The van der Waals surface area contributed by atoms with Crippen LogP contribution < -0.4 is 14.9 Å². The number of halogens is 1. The smallest absolute Gasteiger partial charge is 0.271 e. The summed E-state index contributed by atoms with van der Waals surface area (Å²) in [7, 11) is 1.51. The molecule has 0 saturated heterocycles. The summed E-state index contributed by atoms with van der Waals surface area (Å²) in [6, 6.07) is 19.8. The van der Waals surface area contributed by atoms with Crippen molar-refractivity contribution in [2.75, 3.05) is 7.11 Å². The topological polar surface area (TPSA) is 104 Å². The van der Waals surface area contributed by atoms with Crippen LogP contribution in [0.15, 0.2) is 78.2 Å². The van der Waals surface area contributed by atoms with Gasteiger partial charge in [0.2, 0.25) is 0 Å². The van der Waals surface area contributed by atoms with E-state index >= 15 is 0 Å². The third-order valence-corrected chi connectivity index (χ3v) is 5.34. The standard InChI is InChI=1S/C24H21ClN6O3/c1-16(17-7-5-8-20(12-17)31-15-26-29-30-31)27-28-24(32)18-10-11-22(23(13-18)33-2)34-14-19-6-3-4-9-21(19)25/h3-13,15H,14H2,1-2H3,(H,28,32)/b27-16+. The quantitative estimate of drug-likeness (QED) is 0.304. The van der Waals surface area contributed by atoms with E-state index in [0.717, 1.165) is 16.8 Å². The molecule has 0 bridgehead atoms. The van der Waals surface area contributed by atoms with Gasteiger partial charge in [-0.1, -0.05) is 41.9 Å². The molecule has 172 valence electrons. The van der Waals surface area contributed by atoms with Gasteiger partial charge in [0, 0.05) is 16.1 Å². The van der Waals surface area contributed by atoms with Gasteiger partial charge < -0.3 is 9.47 Å². The Bertz CT molecular complexity index is 1320. The normalized spacial score (nSPS) is 11.2. The van der Waals surface area contributed by atoms with Crippen molar-refractivity contribution < 1.29 is 14.3 Å². The monoisotopic (exact) mass is 476 g/mol. The number of nitrogens with zero attached hydrogens (tertiary/aromatic N) is 5. The van der Waals surface area contributed by atoms with Crippen LogP contribution in [0, 0.1) is 0 Å². The van der Waals surface area contributed by atoms with E-state index in [1.54, 1.807) is 31.2 Å². The summed E-state index contributed by atoms with van der Waals surface area (Å²) < 4.78 is 12.8. The zero-order chi connectivity index (χ0) is 23.9. The van der Waals surface area contributed by atoms with Gasteiger partial charge in [-0.25, -0.2) is 10.1 Å². The van der Waals surface area contributed by atoms with E-state index in [4.69, 9.17) is 21.1 Å². The molecule has 9 nitrogen and oxygen atoms in total. The highest BCUT2D eigenvalue weighted by molar-refractivity contribution is 6.31. The maximum absolute atomic E-state index is 12.7. The molecule has 0 unspecified atom stereocenters. The van der Waals surface area contributed by atoms with Gasteiger partial charge in [-0.05, 0) is 59.3 Å². The first-order valence-corrected chi connectivity index (χ1v) is 10.7. The zero-order valence-corrected chi connectivity index (χ0v) is 19.2. The number of carbonyl (C=O) groups excluding carboxylic acids is 1. The summed E-state index contributed by atoms with van der Waals surface area (Å²) in [6.07, 6.45) is 1.50. The number of tetrazole rings is 1. The third kappa shape index (κ3) is 5.38. The Morgan fingerprint density at radius 3 is 2.68 bits per heavy atom. The number of rotatable bonds is 8. The summed E-state index contributed by atoms with van der Waals surface area (Å²) in [5, 5.41) is 16.0. The molecule has 1 heterocycles. The van der Waals surface area contributed by atoms with Crippen LogP contribution >= 0.6 is 11.6 Å². The zero-order valence-electron chi connectivity index (χ0n) is 18.5. The number of hydrazone groups is 1. The van der Waals surface area contributed by atoms with Crippen LogP contribution in [0.25, 0.3) is 5.69 Å². The molecule has 0 radical (unpaired) electrons. The molecule has 1 amide bonds. The van der Waals surface area contributed by atoms with Crippen molar-refractivity contribution in [1.29, 1.82) is 0 Å². The molecule has 1 aromatic heterocycles. The Morgan fingerprint density at radius 1 is 1.06 bits per heavy atom. The van der Waals surface area contributed by atoms with E-state index < -0.39 is 0 Å². The third-order valence-electron chi connectivity index (χ3n) is 4.97. The molecular weight excluding hydrogens is 456 g/mol. The highest BCUT2D eigenvalue weighted by atomic mass is 35.5. The molecule has 0 fully saturated rings. The van der Waals surface area contributed by atoms with Gasteiger partial charge in [0.15, 0.2) is 11.5 Å². The highest BCUT2D eigenvalue weighted by Gasteiger charge is 2.12. The van der Waals surface area contributed by atoms with E-state index in [1.807, 2.05) is 42.5 Å². The van der Waals surface area contributed by atoms with Crippen molar-refractivity contribution in [2.24, 2.45) is 5.10 Å². The van der Waals surface area contributed by atoms with Gasteiger partial charge in [0.05, 0.1) is 18.5 Å². The largest absolute Gasteiger partial charge is 0.493 e. The van der Waals surface area contributed by atoms with E-state index in [9.17, 15) is 4.79 Å². The molecule has 0 aliphatic carbocycles. The Balaban J connectivity index is 1.44. The second-order valence-electron chi connectivity index (χ2n) is 7.19. The van der Waals surface area contributed by atoms with Crippen molar-refractivity contribution in [3.05, 3.63) is 94.8 Å². The molecule has 0 spiro atoms. The van der Waals surface area contributed by atoms with Gasteiger partial charge in [0.1, 0.15) is 12.9 Å². The van der Waals surface area contributed by atoms with E-state index in [0.29, 0.717) is 27.8 Å². The van der Waals surface area contributed by atoms with Crippen LogP contribution in [0.3, 0.4) is 0 Å². The Kier molecular flexibility index (Phi) is 7.14. The predicted molar refractivity (Wildman–Crippen MR) is 128 cm³/mol. The van der Waals surface area contributed by atoms with Crippen molar-refractivity contribution in [3.8, 4) is 17.2 Å². The molecule has 4 aromatic rings. The Morgan fingerprint density at radius 2 is 1.91 bits per heavy atom. The van der Waals surface area contributed by atoms with Crippen LogP contribution in [-0.2, 0) is 6.61 Å². The van der Waals surface area contributed by atoms with Crippen LogP contribution in [0.5, 0.6) is 11.5 Å². The average Bonchev–Trinajstić information content (AvgIpc) is 3.42. The summed E-state index contributed by atoms with van der Waals surface area (Å²) in [6.45, 7) is 2.07. The number of nitrogens with one attached hydrogen (secondary N) is 1. The van der Waals surface area contributed by atoms with E-state index in [2.05, 4.69) is 26.1 Å². The number of amides is 1. The molecule has 4 rings (SSSR count). The van der Waals surface area contributed by atoms with Crippen molar-refractivity contribution in [2.45, 2.75) is 13.5 Å². The number of hydrogen-bond donors (Lipinski definition) is 1. The lowest BCUT2D eigenvalue weighted by atomic mass is 10.1. The van der Waals surface area contributed by atoms with Gasteiger partial charge in [-0.3, -0.25) is 4.79 Å². The minimum Gasteiger partial charge on any atom is -0.493 e. The number of carbonyl (C=O) groups is 1. The summed E-state index contributed by atoms with van der Waals surface area (Å²) >= 11 is 6.18. The fourth-order valence-electron chi connectivity index (χ4n) is 3.12. The molecule has 1 N–H and O–H groups in total. The fourth-order valence-corrected chi connectivity index (χ4v) is 3.31. The lowest BCUT2D eigenvalue weighted by Crippen LogP contribution is -2.19. The molecule has 0 aliphatic heterocycles. The first-order valence-electron chi connectivity index (χ1n) is 10.3. The van der Waals surface area contributed by atoms with Crippen molar-refractivity contribution in [1.82, 2.24) is 25.6 Å². The summed E-state index contributed by atoms with van der Waals surface area (Å²) in [5.41, 5.74) is 6.01. The number of benzene rings is 3. The minimum atomic E-state index is -0.382. The molecule has 10 heteroatoms. The molecular formula is C24H21ClN6O3. The predicted octanol–water partition coefficient (Wildman–Crippen LogP) is 4.06. The number of aromatic nitrogens is 4. The average molecular weight is 477 g/mol. The number of hydrogen-bond acceptors (Lipinski definition) is 7. The van der Waals surface area contributed by atoms with Crippen LogP contribution in [-0.4, -0.2) is 38.9 Å². The lowest BCUT2D eigenvalue weighted by molar-refractivity contribution is 0.0954. The number of methoxy groups -OCH3 is 1. The van der Waals surface area contributed by atoms with Crippen molar-refractivity contribution in [3.63, 3.8) is 0 Å². The SMILES string of the molecule is COc1cc(C(=O)N/N=C(\C)c2cccc(-n3cnnn3)c2)ccc1OCc1ccccc1Cl. The number of ether oxygens (including phenoxy) is 2. The second kappa shape index (κ2) is 10.6. The maximum atomic E-state index is 12.7. The van der Waals surface area contributed by atoms with Crippen LogP contribution in [0.4, 0.5) is 0 Å². The molecule has 0 aliphatic rings. The van der Waals surface area contributed by atoms with Crippen LogP contribution in [0.1, 0.15) is 28.4 Å². The molecule has 34 heavy (non-hydrogen) atoms. The summed E-state index contributed by atoms with van der Waals surface area (Å²) in [4.78, 5) is 12.7. The molecule has 3 aromatic carbocycles. The highest BCUT2D eigenvalue weighted by Crippen LogP contribution is 2.29. The molecule has 0 atom stereocenters.